The average Bonchev–Trinajstić information content (AvgIpc) is 3.50. The standard InChI is InChI=1S/C23H33N3O3/c1-28-12-11-26-20(27)23(25-21(26)24)19-13-16(15-3-4-15)5-6-17(19)14-22(23)9-7-18(29-2)8-10-22/h5-6,13,15,18,20,27H,3-4,7-12,14H2,1-2H3,(H2,24,25). The first-order valence-corrected chi connectivity index (χ1v) is 11.0. The Labute approximate surface area is 173 Å². The minimum Gasteiger partial charge on any atom is -0.383 e. The maximum atomic E-state index is 11.7. The molecule has 3 aliphatic carbocycles. The minimum absolute atomic E-state index is 0.113. The van der Waals surface area contributed by atoms with E-state index in [1.165, 1.54) is 29.5 Å². The van der Waals surface area contributed by atoms with E-state index in [4.69, 9.17) is 20.2 Å². The van der Waals surface area contributed by atoms with Gasteiger partial charge in [0.2, 0.25) is 0 Å². The van der Waals surface area contributed by atoms with Crippen molar-refractivity contribution in [2.24, 2.45) is 16.1 Å². The van der Waals surface area contributed by atoms with Crippen molar-refractivity contribution in [3.8, 4) is 0 Å². The number of hydrogen-bond donors (Lipinski definition) is 2. The number of nitrogens with two attached hydrogens (primary N) is 1. The van der Waals surface area contributed by atoms with Crippen LogP contribution in [-0.4, -0.2) is 55.7 Å². The number of rotatable bonds is 5. The summed E-state index contributed by atoms with van der Waals surface area (Å²) in [6.07, 6.45) is 7.01. The molecule has 1 aromatic carbocycles. The Morgan fingerprint density at radius 3 is 2.62 bits per heavy atom. The topological polar surface area (TPSA) is 80.3 Å². The smallest absolute Gasteiger partial charge is 0.194 e. The fraction of sp³-hybridized carbons (Fsp3) is 0.696. The Morgan fingerprint density at radius 2 is 1.97 bits per heavy atom. The van der Waals surface area contributed by atoms with E-state index in [-0.39, 0.29) is 5.41 Å². The van der Waals surface area contributed by atoms with E-state index in [0.717, 1.165) is 32.1 Å². The molecular formula is C23H33N3O3. The Bertz CT molecular complexity index is 814. The van der Waals surface area contributed by atoms with Gasteiger partial charge in [0.05, 0.1) is 12.7 Å². The van der Waals surface area contributed by atoms with E-state index in [1.807, 2.05) is 4.90 Å². The number of aliphatic hydroxyl groups excluding tert-OH is 1. The van der Waals surface area contributed by atoms with Crippen LogP contribution in [0.2, 0.25) is 0 Å². The van der Waals surface area contributed by atoms with Gasteiger partial charge in [0, 0.05) is 26.2 Å². The number of guanidine groups is 1. The van der Waals surface area contributed by atoms with Crippen LogP contribution in [0.25, 0.3) is 0 Å². The summed E-state index contributed by atoms with van der Waals surface area (Å²) in [6.45, 7) is 1.06. The molecule has 0 bridgehead atoms. The summed E-state index contributed by atoms with van der Waals surface area (Å²) >= 11 is 0. The summed E-state index contributed by atoms with van der Waals surface area (Å²) in [5, 5.41) is 11.7. The molecule has 2 atom stereocenters. The summed E-state index contributed by atoms with van der Waals surface area (Å²) in [5.41, 5.74) is 9.53. The lowest BCUT2D eigenvalue weighted by atomic mass is 9.61. The molecule has 29 heavy (non-hydrogen) atoms. The molecule has 4 aliphatic rings. The largest absolute Gasteiger partial charge is 0.383 e. The van der Waals surface area contributed by atoms with Crippen LogP contribution < -0.4 is 5.73 Å². The van der Waals surface area contributed by atoms with E-state index in [9.17, 15) is 5.11 Å². The first-order valence-electron chi connectivity index (χ1n) is 11.0. The van der Waals surface area contributed by atoms with Crippen LogP contribution in [0.3, 0.4) is 0 Å². The second-order valence-corrected chi connectivity index (χ2v) is 9.38. The lowest BCUT2D eigenvalue weighted by molar-refractivity contribution is -0.0845. The molecule has 3 N–H and O–H groups in total. The number of methoxy groups -OCH3 is 2. The number of aliphatic imine (C=N–C) groups is 1. The lowest BCUT2D eigenvalue weighted by Crippen LogP contribution is -2.55. The molecule has 5 rings (SSSR count). The quantitative estimate of drug-likeness (QED) is 0.795. The SMILES string of the molecule is COCCN1C(N)=NC2(c3cc(C4CC4)ccc3CC23CCC(OC)CC3)C1O. The molecular weight excluding hydrogens is 366 g/mol. The molecule has 1 aromatic rings. The van der Waals surface area contributed by atoms with Crippen LogP contribution in [0.5, 0.6) is 0 Å². The predicted molar refractivity (Wildman–Crippen MR) is 112 cm³/mol. The van der Waals surface area contributed by atoms with E-state index >= 15 is 0 Å². The zero-order chi connectivity index (χ0) is 20.2. The van der Waals surface area contributed by atoms with Crippen molar-refractivity contribution in [1.29, 1.82) is 0 Å². The van der Waals surface area contributed by atoms with Gasteiger partial charge < -0.3 is 25.2 Å². The number of fused-ring (bicyclic) bond motifs is 3. The predicted octanol–water partition coefficient (Wildman–Crippen LogP) is 2.49. The molecule has 0 amide bonds. The normalized spacial score (nSPS) is 36.1. The number of hydrogen-bond acceptors (Lipinski definition) is 6. The fourth-order valence-corrected chi connectivity index (χ4v) is 6.17. The van der Waals surface area contributed by atoms with E-state index in [2.05, 4.69) is 18.2 Å². The highest BCUT2D eigenvalue weighted by Gasteiger charge is 2.66. The second kappa shape index (κ2) is 6.96. The Morgan fingerprint density at radius 1 is 1.21 bits per heavy atom. The lowest BCUT2D eigenvalue weighted by Gasteiger charge is -2.48. The monoisotopic (exact) mass is 399 g/mol. The second-order valence-electron chi connectivity index (χ2n) is 9.38. The Balaban J connectivity index is 1.60. The number of aliphatic hydroxyl groups is 1. The molecule has 158 valence electrons. The molecule has 1 heterocycles. The highest BCUT2D eigenvalue weighted by molar-refractivity contribution is 5.82. The van der Waals surface area contributed by atoms with Gasteiger partial charge in [-0.1, -0.05) is 18.2 Å². The van der Waals surface area contributed by atoms with Gasteiger partial charge in [-0.05, 0) is 67.6 Å². The van der Waals surface area contributed by atoms with E-state index in [0.29, 0.717) is 31.1 Å². The maximum Gasteiger partial charge on any atom is 0.194 e. The van der Waals surface area contributed by atoms with E-state index in [1.54, 1.807) is 14.2 Å². The zero-order valence-corrected chi connectivity index (χ0v) is 17.6. The third kappa shape index (κ3) is 2.76. The third-order valence-corrected chi connectivity index (χ3v) is 7.94. The van der Waals surface area contributed by atoms with Crippen molar-refractivity contribution in [3.63, 3.8) is 0 Å². The average molecular weight is 400 g/mol. The first-order chi connectivity index (χ1) is 14.0. The van der Waals surface area contributed by atoms with Crippen molar-refractivity contribution in [2.45, 2.75) is 68.7 Å². The molecule has 6 nitrogen and oxygen atoms in total. The fourth-order valence-electron chi connectivity index (χ4n) is 6.17. The number of nitrogens with zero attached hydrogens (tertiary/aromatic N) is 2. The van der Waals surface area contributed by atoms with Gasteiger partial charge in [-0.25, -0.2) is 4.99 Å². The highest BCUT2D eigenvalue weighted by atomic mass is 16.5. The first kappa shape index (κ1) is 19.3. The molecule has 1 aliphatic heterocycles. The Kier molecular flexibility index (Phi) is 4.64. The molecule has 6 heteroatoms. The van der Waals surface area contributed by atoms with Crippen LogP contribution >= 0.6 is 0 Å². The zero-order valence-electron chi connectivity index (χ0n) is 17.6. The van der Waals surface area contributed by atoms with Crippen LogP contribution in [0.1, 0.15) is 61.1 Å². The van der Waals surface area contributed by atoms with Crippen molar-refractivity contribution in [1.82, 2.24) is 4.90 Å². The summed E-state index contributed by atoms with van der Waals surface area (Å²) in [5.74, 6) is 1.11. The van der Waals surface area contributed by atoms with Crippen LogP contribution in [-0.2, 0) is 21.4 Å². The summed E-state index contributed by atoms with van der Waals surface area (Å²) in [4.78, 5) is 6.94. The minimum atomic E-state index is -0.757. The molecule has 0 saturated heterocycles. The van der Waals surface area contributed by atoms with Gasteiger partial charge in [-0.3, -0.25) is 0 Å². The molecule has 0 radical (unpaired) electrons. The molecule has 2 spiro atoms. The van der Waals surface area contributed by atoms with Gasteiger partial charge in [-0.15, -0.1) is 0 Å². The van der Waals surface area contributed by atoms with Crippen molar-refractivity contribution in [2.75, 3.05) is 27.4 Å². The number of benzene rings is 1. The van der Waals surface area contributed by atoms with Gasteiger partial charge >= 0.3 is 0 Å². The van der Waals surface area contributed by atoms with Crippen LogP contribution in [0.4, 0.5) is 0 Å². The van der Waals surface area contributed by atoms with Crippen LogP contribution in [0, 0.1) is 5.41 Å². The van der Waals surface area contributed by atoms with Gasteiger partial charge in [0.25, 0.3) is 0 Å². The molecule has 2 saturated carbocycles. The van der Waals surface area contributed by atoms with Crippen molar-refractivity contribution >= 4 is 5.96 Å². The molecule has 2 fully saturated rings. The summed E-state index contributed by atoms with van der Waals surface area (Å²) in [6, 6.07) is 6.92. The highest BCUT2D eigenvalue weighted by Crippen LogP contribution is 2.63. The summed E-state index contributed by atoms with van der Waals surface area (Å²) < 4.78 is 10.9. The third-order valence-electron chi connectivity index (χ3n) is 7.94. The Hall–Kier alpha value is -1.63. The summed E-state index contributed by atoms with van der Waals surface area (Å²) in [7, 11) is 3.47. The maximum absolute atomic E-state index is 11.7. The van der Waals surface area contributed by atoms with Gasteiger partial charge in [-0.2, -0.15) is 0 Å². The van der Waals surface area contributed by atoms with Crippen molar-refractivity contribution < 1.29 is 14.6 Å². The van der Waals surface area contributed by atoms with E-state index < -0.39 is 11.8 Å². The number of ether oxygens (including phenoxy) is 2. The van der Waals surface area contributed by atoms with Gasteiger partial charge in [0.15, 0.2) is 12.2 Å². The van der Waals surface area contributed by atoms with Crippen LogP contribution in [0.15, 0.2) is 23.2 Å². The molecule has 0 aromatic heterocycles. The molecule has 2 unspecified atom stereocenters. The van der Waals surface area contributed by atoms with Gasteiger partial charge in [0.1, 0.15) is 5.54 Å². The van der Waals surface area contributed by atoms with Crippen molar-refractivity contribution in [3.05, 3.63) is 34.9 Å².